The summed E-state index contributed by atoms with van der Waals surface area (Å²) in [6.07, 6.45) is 0.997. The molecule has 0 radical (unpaired) electrons. The molecular formula is C12H16O2. The summed E-state index contributed by atoms with van der Waals surface area (Å²) in [5, 5.41) is 9.19. The van der Waals surface area contributed by atoms with Crippen molar-refractivity contribution in [3.05, 3.63) is 35.9 Å². The maximum atomic E-state index is 9.19. The Bertz CT molecular complexity index is 290. The summed E-state index contributed by atoms with van der Waals surface area (Å²) in [6, 6.07) is 10.3. The van der Waals surface area contributed by atoms with Gasteiger partial charge in [-0.3, -0.25) is 0 Å². The summed E-state index contributed by atoms with van der Waals surface area (Å²) < 4.78 is 5.39. The number of benzene rings is 1. The summed E-state index contributed by atoms with van der Waals surface area (Å²) in [4.78, 5) is 0. The minimum atomic E-state index is -0.0186. The fraction of sp³-hybridized carbons (Fsp3) is 0.500. The van der Waals surface area contributed by atoms with E-state index in [1.807, 2.05) is 18.2 Å². The van der Waals surface area contributed by atoms with Gasteiger partial charge >= 0.3 is 0 Å². The topological polar surface area (TPSA) is 29.5 Å². The minimum Gasteiger partial charge on any atom is -0.394 e. The van der Waals surface area contributed by atoms with Crippen LogP contribution in [0.4, 0.5) is 0 Å². The Kier molecular flexibility index (Phi) is 2.57. The fourth-order valence-corrected chi connectivity index (χ4v) is 2.20. The van der Waals surface area contributed by atoms with Crippen molar-refractivity contribution >= 4 is 0 Å². The van der Waals surface area contributed by atoms with Crippen molar-refractivity contribution < 1.29 is 9.84 Å². The predicted octanol–water partition coefficient (Wildman–Crippen LogP) is 1.73. The van der Waals surface area contributed by atoms with E-state index in [0.717, 1.165) is 13.0 Å². The van der Waals surface area contributed by atoms with E-state index in [4.69, 9.17) is 4.74 Å². The Balaban J connectivity index is 2.30. The first-order valence-corrected chi connectivity index (χ1v) is 5.11. The summed E-state index contributed by atoms with van der Waals surface area (Å²) in [6.45, 7) is 3.00. The highest BCUT2D eigenvalue weighted by Crippen LogP contribution is 2.41. The van der Waals surface area contributed by atoms with Gasteiger partial charge in [-0.05, 0) is 12.0 Å². The largest absolute Gasteiger partial charge is 0.394 e. The Morgan fingerprint density at radius 2 is 2.14 bits per heavy atom. The lowest BCUT2D eigenvalue weighted by molar-refractivity contribution is -0.159. The van der Waals surface area contributed by atoms with E-state index >= 15 is 0 Å². The van der Waals surface area contributed by atoms with Crippen LogP contribution in [-0.4, -0.2) is 24.4 Å². The van der Waals surface area contributed by atoms with Crippen LogP contribution in [0.2, 0.25) is 0 Å². The molecule has 0 amide bonds. The molecule has 1 saturated heterocycles. The highest BCUT2D eigenvalue weighted by atomic mass is 16.5. The van der Waals surface area contributed by atoms with E-state index < -0.39 is 0 Å². The zero-order valence-electron chi connectivity index (χ0n) is 8.44. The molecule has 0 aliphatic carbocycles. The van der Waals surface area contributed by atoms with E-state index in [1.165, 1.54) is 5.56 Å². The van der Waals surface area contributed by atoms with Crippen LogP contribution >= 0.6 is 0 Å². The lowest BCUT2D eigenvalue weighted by atomic mass is 9.70. The first-order chi connectivity index (χ1) is 6.83. The molecule has 2 rings (SSSR count). The zero-order chi connectivity index (χ0) is 10.0. The van der Waals surface area contributed by atoms with E-state index in [-0.39, 0.29) is 18.1 Å². The summed E-state index contributed by atoms with van der Waals surface area (Å²) in [5.41, 5.74) is 1.34. The quantitative estimate of drug-likeness (QED) is 0.790. The van der Waals surface area contributed by atoms with Crippen molar-refractivity contribution in [3.63, 3.8) is 0 Å². The van der Waals surface area contributed by atoms with Crippen molar-refractivity contribution in [2.45, 2.75) is 24.9 Å². The maximum absolute atomic E-state index is 9.19. The van der Waals surface area contributed by atoms with Crippen LogP contribution in [0.5, 0.6) is 0 Å². The van der Waals surface area contributed by atoms with Crippen LogP contribution < -0.4 is 0 Å². The van der Waals surface area contributed by atoms with Crippen molar-refractivity contribution in [2.75, 3.05) is 13.2 Å². The molecule has 2 nitrogen and oxygen atoms in total. The van der Waals surface area contributed by atoms with Crippen LogP contribution in [0.1, 0.15) is 18.9 Å². The summed E-state index contributed by atoms with van der Waals surface area (Å²) in [5.74, 6) is 0. The van der Waals surface area contributed by atoms with Crippen LogP contribution in [0.3, 0.4) is 0 Å². The average Bonchev–Trinajstić information content (AvgIpc) is 2.20. The van der Waals surface area contributed by atoms with Gasteiger partial charge in [0.05, 0.1) is 19.3 Å². The second kappa shape index (κ2) is 3.71. The molecule has 1 aromatic carbocycles. The second-order valence-electron chi connectivity index (χ2n) is 3.86. The van der Waals surface area contributed by atoms with Crippen molar-refractivity contribution in [1.82, 2.24) is 0 Å². The molecule has 1 aromatic rings. The molecule has 14 heavy (non-hydrogen) atoms. The van der Waals surface area contributed by atoms with Gasteiger partial charge in [0.15, 0.2) is 0 Å². The van der Waals surface area contributed by atoms with Crippen molar-refractivity contribution in [3.8, 4) is 0 Å². The monoisotopic (exact) mass is 192 g/mol. The average molecular weight is 192 g/mol. The minimum absolute atomic E-state index is 0.0186. The van der Waals surface area contributed by atoms with Gasteiger partial charge in [0.1, 0.15) is 0 Å². The SMILES string of the molecule is CCC1(c2ccccc2)COC1CO. The molecule has 76 valence electrons. The van der Waals surface area contributed by atoms with Gasteiger partial charge in [-0.1, -0.05) is 37.3 Å². The predicted molar refractivity (Wildman–Crippen MR) is 55.2 cm³/mol. The smallest absolute Gasteiger partial charge is 0.0924 e. The van der Waals surface area contributed by atoms with Gasteiger partial charge in [-0.15, -0.1) is 0 Å². The number of hydrogen-bond donors (Lipinski definition) is 1. The molecule has 0 bridgehead atoms. The third-order valence-electron chi connectivity index (χ3n) is 3.30. The van der Waals surface area contributed by atoms with E-state index in [0.29, 0.717) is 0 Å². The molecule has 1 fully saturated rings. The molecule has 2 unspecified atom stereocenters. The molecular weight excluding hydrogens is 176 g/mol. The normalized spacial score (nSPS) is 31.1. The molecule has 2 atom stereocenters. The number of aliphatic hydroxyl groups excluding tert-OH is 1. The van der Waals surface area contributed by atoms with Gasteiger partial charge in [0.25, 0.3) is 0 Å². The third kappa shape index (κ3) is 1.26. The molecule has 0 saturated carbocycles. The lowest BCUT2D eigenvalue weighted by Crippen LogP contribution is -2.56. The Morgan fingerprint density at radius 3 is 2.57 bits per heavy atom. The van der Waals surface area contributed by atoms with Gasteiger partial charge in [0, 0.05) is 5.41 Å². The Hall–Kier alpha value is -0.860. The molecule has 1 N–H and O–H groups in total. The van der Waals surface area contributed by atoms with Gasteiger partial charge in [-0.2, -0.15) is 0 Å². The number of ether oxygens (including phenoxy) is 1. The lowest BCUT2D eigenvalue weighted by Gasteiger charge is -2.48. The van der Waals surface area contributed by atoms with Crippen LogP contribution in [0.25, 0.3) is 0 Å². The molecule has 0 aromatic heterocycles. The number of hydrogen-bond acceptors (Lipinski definition) is 2. The second-order valence-corrected chi connectivity index (χ2v) is 3.86. The Morgan fingerprint density at radius 1 is 1.43 bits per heavy atom. The van der Waals surface area contributed by atoms with Crippen LogP contribution in [0.15, 0.2) is 30.3 Å². The Labute approximate surface area is 84.5 Å². The third-order valence-corrected chi connectivity index (χ3v) is 3.30. The van der Waals surface area contributed by atoms with E-state index in [1.54, 1.807) is 0 Å². The molecule has 1 heterocycles. The van der Waals surface area contributed by atoms with Crippen molar-refractivity contribution in [2.24, 2.45) is 0 Å². The van der Waals surface area contributed by atoms with Gasteiger partial charge in [0.2, 0.25) is 0 Å². The van der Waals surface area contributed by atoms with Gasteiger partial charge < -0.3 is 9.84 Å². The molecule has 2 heteroatoms. The molecule has 1 aliphatic heterocycles. The highest BCUT2D eigenvalue weighted by molar-refractivity contribution is 5.29. The fourth-order valence-electron chi connectivity index (χ4n) is 2.20. The number of aliphatic hydroxyl groups is 1. The van der Waals surface area contributed by atoms with E-state index in [2.05, 4.69) is 19.1 Å². The molecule has 1 aliphatic rings. The standard InChI is InChI=1S/C12H16O2/c1-2-12(9-14-11(12)8-13)10-6-4-3-5-7-10/h3-7,11,13H,2,8-9H2,1H3. The maximum Gasteiger partial charge on any atom is 0.0924 e. The molecule has 0 spiro atoms. The van der Waals surface area contributed by atoms with Crippen molar-refractivity contribution in [1.29, 1.82) is 0 Å². The van der Waals surface area contributed by atoms with Crippen LogP contribution in [-0.2, 0) is 10.2 Å². The first kappa shape index (κ1) is 9.69. The van der Waals surface area contributed by atoms with Gasteiger partial charge in [-0.25, -0.2) is 0 Å². The van der Waals surface area contributed by atoms with E-state index in [9.17, 15) is 5.11 Å². The number of rotatable bonds is 3. The summed E-state index contributed by atoms with van der Waals surface area (Å²) >= 11 is 0. The highest BCUT2D eigenvalue weighted by Gasteiger charge is 2.47. The zero-order valence-corrected chi connectivity index (χ0v) is 8.44. The first-order valence-electron chi connectivity index (χ1n) is 5.11. The van der Waals surface area contributed by atoms with Crippen LogP contribution in [0, 0.1) is 0 Å². The summed E-state index contributed by atoms with van der Waals surface area (Å²) in [7, 11) is 0.